The van der Waals surface area contributed by atoms with Crippen molar-refractivity contribution in [1.82, 2.24) is 19.5 Å². The van der Waals surface area contributed by atoms with Crippen LogP contribution in [0.5, 0.6) is 6.01 Å². The summed E-state index contributed by atoms with van der Waals surface area (Å²) in [5, 5.41) is 8.71. The van der Waals surface area contributed by atoms with Gasteiger partial charge in [0.25, 0.3) is 0 Å². The normalized spacial score (nSPS) is 10.9. The Hall–Kier alpha value is -2.62. The van der Waals surface area contributed by atoms with E-state index in [0.717, 1.165) is 0 Å². The van der Waals surface area contributed by atoms with E-state index in [1.54, 1.807) is 0 Å². The fourth-order valence-electron chi connectivity index (χ4n) is 1.73. The molecule has 2 heterocycles. The van der Waals surface area contributed by atoms with Crippen molar-refractivity contribution < 1.29 is 19.4 Å². The lowest BCUT2D eigenvalue weighted by Gasteiger charge is -2.06. The molecule has 0 unspecified atom stereocenters. The van der Waals surface area contributed by atoms with Crippen LogP contribution in [0.1, 0.15) is 6.42 Å². The summed E-state index contributed by atoms with van der Waals surface area (Å²) >= 11 is 0. The van der Waals surface area contributed by atoms with E-state index in [1.807, 2.05) is 0 Å². The van der Waals surface area contributed by atoms with E-state index < -0.39 is 11.7 Å². The minimum atomic E-state index is -1.02. The van der Waals surface area contributed by atoms with Gasteiger partial charge >= 0.3 is 17.7 Å². The van der Waals surface area contributed by atoms with Crippen LogP contribution in [0.4, 0.5) is 5.82 Å². The first-order chi connectivity index (χ1) is 10.0. The number of carboxylic acids is 1. The molecule has 4 N–H and O–H groups in total. The standard InChI is InChI=1S/C11H15N5O5/c1-20-4-5-21-10-14-8(12)7-9(15-10)16(11(19)13-7)3-2-6(17)18/h2-5H2,1H3,(H,13,19)(H,17,18)(H2,12,14,15). The number of hydrogen-bond donors (Lipinski definition) is 3. The number of carboxylic acid groups (broad SMARTS) is 1. The number of methoxy groups -OCH3 is 1. The van der Waals surface area contributed by atoms with Crippen LogP contribution in [0.25, 0.3) is 11.2 Å². The average molecular weight is 297 g/mol. The molecule has 2 aromatic heterocycles. The van der Waals surface area contributed by atoms with Crippen molar-refractivity contribution in [2.45, 2.75) is 13.0 Å². The number of nitrogen functional groups attached to an aromatic ring is 1. The molecule has 0 fully saturated rings. The van der Waals surface area contributed by atoms with E-state index >= 15 is 0 Å². The summed E-state index contributed by atoms with van der Waals surface area (Å²) in [5.41, 5.74) is 5.70. The van der Waals surface area contributed by atoms with Crippen molar-refractivity contribution in [2.75, 3.05) is 26.1 Å². The second-order valence-electron chi connectivity index (χ2n) is 4.16. The number of hydrogen-bond acceptors (Lipinski definition) is 7. The van der Waals surface area contributed by atoms with Crippen LogP contribution in [-0.2, 0) is 16.1 Å². The fourth-order valence-corrected chi connectivity index (χ4v) is 1.73. The Morgan fingerprint density at radius 1 is 1.43 bits per heavy atom. The SMILES string of the molecule is COCCOc1nc(N)c2[nH]c(=O)n(CCC(=O)O)c2n1. The molecule has 0 bridgehead atoms. The van der Waals surface area contributed by atoms with E-state index in [9.17, 15) is 9.59 Å². The van der Waals surface area contributed by atoms with Crippen LogP contribution in [-0.4, -0.2) is 50.9 Å². The monoisotopic (exact) mass is 297 g/mol. The van der Waals surface area contributed by atoms with Crippen molar-refractivity contribution in [1.29, 1.82) is 0 Å². The molecule has 10 nitrogen and oxygen atoms in total. The maximum Gasteiger partial charge on any atom is 0.327 e. The van der Waals surface area contributed by atoms with Crippen molar-refractivity contribution >= 4 is 23.0 Å². The molecule has 0 aliphatic rings. The average Bonchev–Trinajstić information content (AvgIpc) is 2.73. The smallest absolute Gasteiger partial charge is 0.327 e. The zero-order valence-electron chi connectivity index (χ0n) is 11.3. The number of rotatable bonds is 7. The van der Waals surface area contributed by atoms with Crippen LogP contribution in [0, 0.1) is 0 Å². The number of carbonyl (C=O) groups is 1. The van der Waals surface area contributed by atoms with Gasteiger partial charge in [-0.05, 0) is 0 Å². The molecule has 114 valence electrons. The number of imidazole rings is 1. The number of nitrogens with two attached hydrogens (primary N) is 1. The number of nitrogens with one attached hydrogen (secondary N) is 1. The largest absolute Gasteiger partial charge is 0.481 e. The summed E-state index contributed by atoms with van der Waals surface area (Å²) in [6, 6.07) is 0.000116. The molecule has 2 rings (SSSR count). The summed E-state index contributed by atoms with van der Waals surface area (Å²) < 4.78 is 11.3. The molecule has 0 aromatic carbocycles. The molecule has 0 aliphatic carbocycles. The number of aromatic amines is 1. The molecule has 0 amide bonds. The Labute approximate surface area is 118 Å². The Bertz CT molecular complexity index is 707. The topological polar surface area (TPSA) is 145 Å². The number of fused-ring (bicyclic) bond motifs is 1. The Kier molecular flexibility index (Phi) is 4.38. The number of anilines is 1. The first-order valence-electron chi connectivity index (χ1n) is 6.12. The molecular weight excluding hydrogens is 282 g/mol. The highest BCUT2D eigenvalue weighted by molar-refractivity contribution is 5.82. The third-order valence-corrected chi connectivity index (χ3v) is 2.70. The summed E-state index contributed by atoms with van der Waals surface area (Å²) in [6.45, 7) is 0.549. The highest BCUT2D eigenvalue weighted by Crippen LogP contribution is 2.17. The molecule has 21 heavy (non-hydrogen) atoms. The molecule has 0 radical (unpaired) electrons. The number of aromatic nitrogens is 4. The molecular formula is C11H15N5O5. The molecule has 0 atom stereocenters. The van der Waals surface area contributed by atoms with Gasteiger partial charge in [-0.25, -0.2) is 4.79 Å². The van der Waals surface area contributed by atoms with Crippen molar-refractivity contribution in [3.05, 3.63) is 10.5 Å². The van der Waals surface area contributed by atoms with Gasteiger partial charge in [0.2, 0.25) is 0 Å². The van der Waals surface area contributed by atoms with Crippen LogP contribution >= 0.6 is 0 Å². The van der Waals surface area contributed by atoms with E-state index in [2.05, 4.69) is 15.0 Å². The lowest BCUT2D eigenvalue weighted by Crippen LogP contribution is -2.19. The van der Waals surface area contributed by atoms with Gasteiger partial charge in [-0.2, -0.15) is 9.97 Å². The molecule has 0 saturated heterocycles. The van der Waals surface area contributed by atoms with Crippen molar-refractivity contribution in [2.24, 2.45) is 0 Å². The quantitative estimate of drug-likeness (QED) is 0.563. The van der Waals surface area contributed by atoms with Crippen LogP contribution < -0.4 is 16.2 Å². The summed E-state index contributed by atoms with van der Waals surface area (Å²) in [7, 11) is 1.53. The third-order valence-electron chi connectivity index (χ3n) is 2.70. The van der Waals surface area contributed by atoms with Crippen LogP contribution in [0.15, 0.2) is 4.79 Å². The number of aryl methyl sites for hydroxylation is 1. The summed E-state index contributed by atoms with van der Waals surface area (Å²) in [4.78, 5) is 32.9. The van der Waals surface area contributed by atoms with E-state index in [1.165, 1.54) is 11.7 Å². The highest BCUT2D eigenvalue weighted by atomic mass is 16.5. The Morgan fingerprint density at radius 3 is 2.86 bits per heavy atom. The number of nitrogens with zero attached hydrogens (tertiary/aromatic N) is 3. The second kappa shape index (κ2) is 6.22. The molecule has 0 aliphatic heterocycles. The molecule has 2 aromatic rings. The lowest BCUT2D eigenvalue weighted by atomic mass is 10.4. The Balaban J connectivity index is 2.37. The van der Waals surface area contributed by atoms with Gasteiger partial charge in [-0.1, -0.05) is 0 Å². The number of H-pyrrole nitrogens is 1. The molecule has 10 heteroatoms. The third kappa shape index (κ3) is 3.28. The van der Waals surface area contributed by atoms with E-state index in [4.69, 9.17) is 20.3 Å². The maximum absolute atomic E-state index is 11.8. The van der Waals surface area contributed by atoms with Gasteiger partial charge in [0.1, 0.15) is 12.1 Å². The first-order valence-corrected chi connectivity index (χ1v) is 6.12. The van der Waals surface area contributed by atoms with Gasteiger partial charge in [0, 0.05) is 13.7 Å². The minimum Gasteiger partial charge on any atom is -0.481 e. The van der Waals surface area contributed by atoms with Gasteiger partial charge in [0.15, 0.2) is 11.5 Å². The zero-order chi connectivity index (χ0) is 15.4. The molecule has 0 spiro atoms. The molecule has 0 saturated carbocycles. The van der Waals surface area contributed by atoms with Crippen LogP contribution in [0.3, 0.4) is 0 Å². The minimum absolute atomic E-state index is 0.000116. The number of aliphatic carboxylic acids is 1. The maximum atomic E-state index is 11.8. The first kappa shape index (κ1) is 14.8. The van der Waals surface area contributed by atoms with Gasteiger partial charge < -0.3 is 25.3 Å². The summed E-state index contributed by atoms with van der Waals surface area (Å²) in [5.74, 6) is -0.964. The lowest BCUT2D eigenvalue weighted by molar-refractivity contribution is -0.137. The summed E-state index contributed by atoms with van der Waals surface area (Å²) in [6.07, 6.45) is -0.212. The van der Waals surface area contributed by atoms with Gasteiger partial charge in [-0.15, -0.1) is 0 Å². The zero-order valence-corrected chi connectivity index (χ0v) is 11.3. The van der Waals surface area contributed by atoms with E-state index in [-0.39, 0.29) is 42.6 Å². The van der Waals surface area contributed by atoms with Crippen molar-refractivity contribution in [3.8, 4) is 6.01 Å². The van der Waals surface area contributed by atoms with Crippen LogP contribution in [0.2, 0.25) is 0 Å². The van der Waals surface area contributed by atoms with E-state index in [0.29, 0.717) is 6.61 Å². The second-order valence-corrected chi connectivity index (χ2v) is 4.16. The predicted molar refractivity (Wildman–Crippen MR) is 72.2 cm³/mol. The highest BCUT2D eigenvalue weighted by Gasteiger charge is 2.15. The fraction of sp³-hybridized carbons (Fsp3) is 0.455. The van der Waals surface area contributed by atoms with Gasteiger partial charge in [-0.3, -0.25) is 9.36 Å². The van der Waals surface area contributed by atoms with Gasteiger partial charge in [0.05, 0.1) is 13.0 Å². The number of ether oxygens (including phenoxy) is 2. The van der Waals surface area contributed by atoms with Crippen molar-refractivity contribution in [3.63, 3.8) is 0 Å². The Morgan fingerprint density at radius 2 is 2.19 bits per heavy atom. The predicted octanol–water partition coefficient (Wildman–Crippen LogP) is -0.798.